The molecule has 3 aromatic heterocycles. The minimum absolute atomic E-state index is 0.0368. The Kier molecular flexibility index (Phi) is 4.07. The van der Waals surface area contributed by atoms with Crippen molar-refractivity contribution in [3.8, 4) is 0 Å². The molecule has 2 N–H and O–H groups in total. The van der Waals surface area contributed by atoms with Crippen molar-refractivity contribution in [2.45, 2.75) is 19.5 Å². The number of amides is 1. The quantitative estimate of drug-likeness (QED) is 0.579. The van der Waals surface area contributed by atoms with E-state index >= 15 is 0 Å². The first-order valence-electron chi connectivity index (χ1n) is 7.99. The molecule has 25 heavy (non-hydrogen) atoms. The van der Waals surface area contributed by atoms with Crippen LogP contribution in [0.25, 0.3) is 11.0 Å². The van der Waals surface area contributed by atoms with Gasteiger partial charge in [-0.25, -0.2) is 4.98 Å². The topological polar surface area (TPSA) is 75.6 Å². The fourth-order valence-corrected chi connectivity index (χ4v) is 3.49. The molecular formula is C18H17N5OS. The minimum Gasteiger partial charge on any atom is -0.343 e. The maximum Gasteiger partial charge on any atom is 0.272 e. The number of carbonyl (C=O) groups excluding carboxylic acids is 1. The number of nitrogens with one attached hydrogen (secondary N) is 2. The Labute approximate surface area is 148 Å². The van der Waals surface area contributed by atoms with Crippen molar-refractivity contribution >= 4 is 28.3 Å². The van der Waals surface area contributed by atoms with Gasteiger partial charge in [-0.1, -0.05) is 18.2 Å². The maximum atomic E-state index is 12.4. The van der Waals surface area contributed by atoms with Gasteiger partial charge in [-0.3, -0.25) is 9.89 Å². The Morgan fingerprint density at radius 2 is 2.20 bits per heavy atom. The fourth-order valence-electron chi connectivity index (χ4n) is 2.76. The molecule has 3 heterocycles. The van der Waals surface area contributed by atoms with Crippen LogP contribution in [0.4, 0.5) is 0 Å². The number of rotatable bonds is 5. The van der Waals surface area contributed by atoms with E-state index in [1.807, 2.05) is 53.3 Å². The molecule has 0 aliphatic rings. The van der Waals surface area contributed by atoms with E-state index < -0.39 is 0 Å². The van der Waals surface area contributed by atoms with E-state index in [9.17, 15) is 4.79 Å². The van der Waals surface area contributed by atoms with Crippen LogP contribution in [0, 0.1) is 0 Å². The Bertz CT molecular complexity index is 1000. The van der Waals surface area contributed by atoms with Crippen LogP contribution >= 0.6 is 11.3 Å². The number of para-hydroxylation sites is 2. The summed E-state index contributed by atoms with van der Waals surface area (Å²) < 4.78 is 2.03. The van der Waals surface area contributed by atoms with Crippen molar-refractivity contribution < 1.29 is 4.79 Å². The van der Waals surface area contributed by atoms with Crippen LogP contribution in [-0.2, 0) is 6.54 Å². The summed E-state index contributed by atoms with van der Waals surface area (Å²) in [7, 11) is 0. The van der Waals surface area contributed by atoms with Gasteiger partial charge >= 0.3 is 0 Å². The molecule has 0 bridgehead atoms. The third-order valence-electron chi connectivity index (χ3n) is 4.05. The Morgan fingerprint density at radius 1 is 1.32 bits per heavy atom. The lowest BCUT2D eigenvalue weighted by Gasteiger charge is -2.10. The second kappa shape index (κ2) is 6.52. The fraction of sp³-hybridized carbons (Fsp3) is 0.167. The van der Waals surface area contributed by atoms with E-state index in [4.69, 9.17) is 0 Å². The Morgan fingerprint density at radius 3 is 3.04 bits per heavy atom. The van der Waals surface area contributed by atoms with Gasteiger partial charge in [-0.05, 0) is 36.6 Å². The molecule has 4 aromatic rings. The third kappa shape index (κ3) is 3.18. The van der Waals surface area contributed by atoms with Crippen LogP contribution in [0.2, 0.25) is 0 Å². The second-order valence-corrected chi connectivity index (χ2v) is 6.83. The lowest BCUT2D eigenvalue weighted by Crippen LogP contribution is -2.26. The van der Waals surface area contributed by atoms with Crippen molar-refractivity contribution in [3.05, 3.63) is 70.4 Å². The molecule has 1 aromatic carbocycles. The molecular weight excluding hydrogens is 334 g/mol. The predicted octanol–water partition coefficient (Wildman–Crippen LogP) is 3.36. The van der Waals surface area contributed by atoms with Crippen LogP contribution < -0.4 is 5.32 Å². The molecule has 0 fully saturated rings. The van der Waals surface area contributed by atoms with Gasteiger partial charge in [0, 0.05) is 4.88 Å². The third-order valence-corrected chi connectivity index (χ3v) is 5.10. The summed E-state index contributed by atoms with van der Waals surface area (Å²) >= 11 is 1.62. The Balaban J connectivity index is 1.47. The number of imidazole rings is 1. The summed E-state index contributed by atoms with van der Waals surface area (Å²) in [6.45, 7) is 2.55. The summed E-state index contributed by atoms with van der Waals surface area (Å²) in [6, 6.07) is 13.7. The molecule has 6 nitrogen and oxygen atoms in total. The summed E-state index contributed by atoms with van der Waals surface area (Å²) in [5.41, 5.74) is 3.25. The highest BCUT2D eigenvalue weighted by atomic mass is 32.1. The van der Waals surface area contributed by atoms with Gasteiger partial charge in [0.25, 0.3) is 5.91 Å². The normalized spacial score (nSPS) is 12.4. The highest BCUT2D eigenvalue weighted by molar-refractivity contribution is 7.10. The summed E-state index contributed by atoms with van der Waals surface area (Å²) in [6.07, 6.45) is 1.80. The van der Waals surface area contributed by atoms with Crippen LogP contribution in [0.15, 0.2) is 54.2 Å². The number of H-pyrrole nitrogens is 1. The molecule has 0 aliphatic carbocycles. The molecule has 0 radical (unpaired) electrons. The van der Waals surface area contributed by atoms with Crippen LogP contribution in [0.1, 0.15) is 34.0 Å². The molecule has 0 saturated carbocycles. The van der Waals surface area contributed by atoms with Crippen molar-refractivity contribution in [2.24, 2.45) is 0 Å². The zero-order chi connectivity index (χ0) is 17.2. The number of benzene rings is 1. The van der Waals surface area contributed by atoms with Gasteiger partial charge < -0.3 is 9.88 Å². The average Bonchev–Trinajstić information content (AvgIpc) is 3.36. The zero-order valence-corrected chi connectivity index (χ0v) is 14.5. The van der Waals surface area contributed by atoms with E-state index in [0.29, 0.717) is 12.2 Å². The second-order valence-electron chi connectivity index (χ2n) is 5.85. The number of thiophene rings is 1. The number of aromatic amines is 1. The largest absolute Gasteiger partial charge is 0.343 e. The van der Waals surface area contributed by atoms with Crippen LogP contribution in [0.5, 0.6) is 0 Å². The first-order chi connectivity index (χ1) is 12.2. The van der Waals surface area contributed by atoms with Crippen molar-refractivity contribution in [2.75, 3.05) is 0 Å². The summed E-state index contributed by atoms with van der Waals surface area (Å²) in [5, 5.41) is 12.1. The summed E-state index contributed by atoms with van der Waals surface area (Å²) in [4.78, 5) is 17.9. The lowest BCUT2D eigenvalue weighted by atomic mass is 10.2. The van der Waals surface area contributed by atoms with E-state index in [0.717, 1.165) is 21.6 Å². The number of hydrogen-bond donors (Lipinski definition) is 2. The van der Waals surface area contributed by atoms with E-state index in [2.05, 4.69) is 20.5 Å². The maximum absolute atomic E-state index is 12.4. The van der Waals surface area contributed by atoms with Gasteiger partial charge in [0.05, 0.1) is 35.6 Å². The van der Waals surface area contributed by atoms with Crippen molar-refractivity contribution in [3.63, 3.8) is 0 Å². The lowest BCUT2D eigenvalue weighted by molar-refractivity contribution is 0.0935. The van der Waals surface area contributed by atoms with Crippen LogP contribution in [-0.4, -0.2) is 25.7 Å². The zero-order valence-electron chi connectivity index (χ0n) is 13.6. The van der Waals surface area contributed by atoms with E-state index in [-0.39, 0.29) is 11.9 Å². The van der Waals surface area contributed by atoms with E-state index in [1.54, 1.807) is 23.7 Å². The monoisotopic (exact) mass is 351 g/mol. The van der Waals surface area contributed by atoms with Crippen molar-refractivity contribution in [1.82, 2.24) is 25.1 Å². The number of nitrogens with zero attached hydrogens (tertiary/aromatic N) is 3. The predicted molar refractivity (Wildman–Crippen MR) is 97.6 cm³/mol. The number of fused-ring (bicyclic) bond motifs is 1. The highest BCUT2D eigenvalue weighted by Gasteiger charge is 2.15. The van der Waals surface area contributed by atoms with Gasteiger partial charge in [0.1, 0.15) is 5.69 Å². The highest BCUT2D eigenvalue weighted by Crippen LogP contribution is 2.19. The SMILES string of the molecule is C[C@@H](NC(=O)c1cc(Cn2cnc3ccccc32)[nH]n1)c1cccs1. The minimum atomic E-state index is -0.182. The first-order valence-corrected chi connectivity index (χ1v) is 8.87. The van der Waals surface area contributed by atoms with Crippen LogP contribution in [0.3, 0.4) is 0 Å². The smallest absolute Gasteiger partial charge is 0.272 e. The van der Waals surface area contributed by atoms with Gasteiger partial charge in [0.15, 0.2) is 0 Å². The molecule has 0 unspecified atom stereocenters. The number of aromatic nitrogens is 4. The molecule has 1 amide bonds. The standard InChI is InChI=1S/C18H17N5OS/c1-12(17-7-4-8-25-17)20-18(24)15-9-13(21-22-15)10-23-11-19-14-5-2-3-6-16(14)23/h2-9,11-12H,10H2,1H3,(H,20,24)(H,21,22)/t12-/m1/s1. The van der Waals surface area contributed by atoms with E-state index in [1.165, 1.54) is 0 Å². The molecule has 0 aliphatic heterocycles. The number of hydrogen-bond acceptors (Lipinski definition) is 4. The molecule has 0 saturated heterocycles. The first kappa shape index (κ1) is 15.6. The molecule has 1 atom stereocenters. The van der Waals surface area contributed by atoms with Gasteiger partial charge in [-0.2, -0.15) is 5.10 Å². The average molecular weight is 351 g/mol. The number of carbonyl (C=O) groups is 1. The van der Waals surface area contributed by atoms with Gasteiger partial charge in [-0.15, -0.1) is 11.3 Å². The molecule has 4 rings (SSSR count). The molecule has 126 valence electrons. The van der Waals surface area contributed by atoms with Gasteiger partial charge in [0.2, 0.25) is 0 Å². The Hall–Kier alpha value is -2.93. The molecule has 7 heteroatoms. The van der Waals surface area contributed by atoms with Crippen molar-refractivity contribution in [1.29, 1.82) is 0 Å². The molecule has 0 spiro atoms. The summed E-state index contributed by atoms with van der Waals surface area (Å²) in [5.74, 6) is -0.182.